The lowest BCUT2D eigenvalue weighted by Gasteiger charge is -2.37. The molecule has 2 aromatic carbocycles. The molecule has 124 valence electrons. The lowest BCUT2D eigenvalue weighted by Crippen LogP contribution is -2.44. The van der Waals surface area contributed by atoms with Crippen molar-refractivity contribution >= 4 is 11.9 Å². The predicted octanol–water partition coefficient (Wildman–Crippen LogP) is 3.03. The van der Waals surface area contributed by atoms with E-state index in [1.165, 1.54) is 11.1 Å². The first-order valence-corrected chi connectivity index (χ1v) is 8.24. The van der Waals surface area contributed by atoms with E-state index in [0.29, 0.717) is 6.54 Å². The van der Waals surface area contributed by atoms with Gasteiger partial charge >= 0.3 is 11.9 Å². The lowest BCUT2D eigenvalue weighted by molar-refractivity contribution is -0.161. The molecule has 0 N–H and O–H groups in total. The summed E-state index contributed by atoms with van der Waals surface area (Å²) in [4.78, 5) is 26.2. The van der Waals surface area contributed by atoms with Crippen LogP contribution in [0.4, 0.5) is 0 Å². The molecule has 1 amide bonds. The van der Waals surface area contributed by atoms with Crippen LogP contribution < -0.4 is 0 Å². The number of esters is 1. The highest BCUT2D eigenvalue weighted by Gasteiger charge is 2.35. The SMILES string of the molecule is CCOC(=O)C(=O)N1CCc2cc(C)ccc2C1c1ccccc1. The monoisotopic (exact) mass is 323 g/mol. The van der Waals surface area contributed by atoms with Crippen LogP contribution in [-0.2, 0) is 20.7 Å². The number of rotatable bonds is 2. The molecular formula is C20H21NO3. The molecule has 3 rings (SSSR count). The first kappa shape index (κ1) is 16.2. The Morgan fingerprint density at radius 1 is 1.17 bits per heavy atom. The van der Waals surface area contributed by atoms with Crippen LogP contribution in [0.25, 0.3) is 0 Å². The molecule has 0 radical (unpaired) electrons. The van der Waals surface area contributed by atoms with Crippen molar-refractivity contribution in [3.8, 4) is 0 Å². The molecule has 0 bridgehead atoms. The van der Waals surface area contributed by atoms with Gasteiger partial charge in [0.2, 0.25) is 0 Å². The molecule has 2 aromatic rings. The van der Waals surface area contributed by atoms with Gasteiger partial charge in [0.15, 0.2) is 0 Å². The van der Waals surface area contributed by atoms with Crippen LogP contribution in [0.5, 0.6) is 0 Å². The molecule has 0 aliphatic carbocycles. The number of carbonyl (C=O) groups excluding carboxylic acids is 2. The van der Waals surface area contributed by atoms with Crippen LogP contribution in [0.1, 0.15) is 35.2 Å². The minimum absolute atomic E-state index is 0.199. The Labute approximate surface area is 142 Å². The Bertz CT molecular complexity index is 755. The van der Waals surface area contributed by atoms with Gasteiger partial charge in [0.05, 0.1) is 12.6 Å². The Morgan fingerprint density at radius 3 is 2.62 bits per heavy atom. The maximum absolute atomic E-state index is 12.6. The second-order valence-electron chi connectivity index (χ2n) is 5.98. The first-order chi connectivity index (χ1) is 11.6. The van der Waals surface area contributed by atoms with Gasteiger partial charge in [0, 0.05) is 6.54 Å². The van der Waals surface area contributed by atoms with Gasteiger partial charge in [-0.25, -0.2) is 4.79 Å². The molecule has 4 nitrogen and oxygen atoms in total. The number of carbonyl (C=O) groups is 2. The summed E-state index contributed by atoms with van der Waals surface area (Å²) in [6.07, 6.45) is 0.742. The van der Waals surface area contributed by atoms with E-state index in [2.05, 4.69) is 19.1 Å². The maximum atomic E-state index is 12.6. The predicted molar refractivity (Wildman–Crippen MR) is 91.5 cm³/mol. The van der Waals surface area contributed by atoms with Gasteiger partial charge < -0.3 is 9.64 Å². The summed E-state index contributed by atoms with van der Waals surface area (Å²) >= 11 is 0. The van der Waals surface area contributed by atoms with Crippen LogP contribution >= 0.6 is 0 Å². The van der Waals surface area contributed by atoms with Crippen molar-refractivity contribution in [2.24, 2.45) is 0 Å². The molecule has 0 saturated carbocycles. The Morgan fingerprint density at radius 2 is 1.92 bits per heavy atom. The number of fused-ring (bicyclic) bond motifs is 1. The van der Waals surface area contributed by atoms with E-state index in [-0.39, 0.29) is 12.6 Å². The molecule has 0 spiro atoms. The minimum Gasteiger partial charge on any atom is -0.459 e. The summed E-state index contributed by atoms with van der Waals surface area (Å²) < 4.78 is 4.92. The number of hydrogen-bond acceptors (Lipinski definition) is 3. The largest absolute Gasteiger partial charge is 0.459 e. The fraction of sp³-hybridized carbons (Fsp3) is 0.300. The summed E-state index contributed by atoms with van der Waals surface area (Å²) in [5.41, 5.74) is 4.51. The van der Waals surface area contributed by atoms with Gasteiger partial charge in [0.1, 0.15) is 0 Å². The van der Waals surface area contributed by atoms with E-state index in [1.807, 2.05) is 36.4 Å². The number of benzene rings is 2. The highest BCUT2D eigenvalue weighted by molar-refractivity contribution is 6.32. The molecule has 4 heteroatoms. The fourth-order valence-electron chi connectivity index (χ4n) is 3.28. The minimum atomic E-state index is -0.783. The molecule has 0 aromatic heterocycles. The molecule has 1 unspecified atom stereocenters. The number of aryl methyl sites for hydroxylation is 1. The summed E-state index contributed by atoms with van der Waals surface area (Å²) in [5.74, 6) is -1.36. The highest BCUT2D eigenvalue weighted by atomic mass is 16.5. The zero-order valence-electron chi connectivity index (χ0n) is 14.0. The average molecular weight is 323 g/mol. The molecule has 0 fully saturated rings. The van der Waals surface area contributed by atoms with Crippen LogP contribution in [-0.4, -0.2) is 29.9 Å². The molecule has 1 aliphatic heterocycles. The standard InChI is InChI=1S/C20H21NO3/c1-3-24-20(23)19(22)21-12-11-16-13-14(2)9-10-17(16)18(21)15-7-5-4-6-8-15/h4-10,13,18H,3,11-12H2,1-2H3. The lowest BCUT2D eigenvalue weighted by atomic mass is 9.87. The number of ether oxygens (including phenoxy) is 1. The van der Waals surface area contributed by atoms with Crippen molar-refractivity contribution in [2.45, 2.75) is 26.3 Å². The Balaban J connectivity index is 2.05. The molecule has 24 heavy (non-hydrogen) atoms. The number of nitrogens with zero attached hydrogens (tertiary/aromatic N) is 1. The van der Waals surface area contributed by atoms with Gasteiger partial charge in [-0.15, -0.1) is 0 Å². The van der Waals surface area contributed by atoms with Gasteiger partial charge in [-0.3, -0.25) is 4.79 Å². The van der Waals surface area contributed by atoms with Crippen LogP contribution in [0.3, 0.4) is 0 Å². The maximum Gasteiger partial charge on any atom is 0.397 e. The molecule has 0 saturated heterocycles. The first-order valence-electron chi connectivity index (χ1n) is 8.24. The summed E-state index contributed by atoms with van der Waals surface area (Å²) in [6.45, 7) is 4.47. The van der Waals surface area contributed by atoms with E-state index >= 15 is 0 Å². The molecule has 1 atom stereocenters. The zero-order chi connectivity index (χ0) is 17.1. The smallest absolute Gasteiger partial charge is 0.397 e. The molecule has 1 aliphatic rings. The number of hydrogen-bond donors (Lipinski definition) is 0. The van der Waals surface area contributed by atoms with E-state index in [1.54, 1.807) is 11.8 Å². The van der Waals surface area contributed by atoms with E-state index in [9.17, 15) is 9.59 Å². The molecular weight excluding hydrogens is 302 g/mol. The number of amides is 1. The van der Waals surface area contributed by atoms with Crippen LogP contribution in [0.2, 0.25) is 0 Å². The van der Waals surface area contributed by atoms with E-state index in [0.717, 1.165) is 17.5 Å². The van der Waals surface area contributed by atoms with Crippen molar-refractivity contribution < 1.29 is 14.3 Å². The van der Waals surface area contributed by atoms with Crippen molar-refractivity contribution in [2.75, 3.05) is 13.2 Å². The third-order valence-corrected chi connectivity index (χ3v) is 4.35. The normalized spacial score (nSPS) is 16.4. The summed E-state index contributed by atoms with van der Waals surface area (Å²) in [5, 5.41) is 0. The highest BCUT2D eigenvalue weighted by Crippen LogP contribution is 2.35. The molecule has 1 heterocycles. The van der Waals surface area contributed by atoms with E-state index < -0.39 is 11.9 Å². The van der Waals surface area contributed by atoms with Crippen molar-refractivity contribution in [3.63, 3.8) is 0 Å². The van der Waals surface area contributed by atoms with Crippen molar-refractivity contribution in [1.29, 1.82) is 0 Å². The van der Waals surface area contributed by atoms with E-state index in [4.69, 9.17) is 4.74 Å². The third-order valence-electron chi connectivity index (χ3n) is 4.35. The van der Waals surface area contributed by atoms with Gasteiger partial charge in [-0.1, -0.05) is 54.1 Å². The second kappa shape index (κ2) is 6.87. The Kier molecular flexibility index (Phi) is 4.65. The van der Waals surface area contributed by atoms with Crippen LogP contribution in [0.15, 0.2) is 48.5 Å². The zero-order valence-corrected chi connectivity index (χ0v) is 14.0. The van der Waals surface area contributed by atoms with Gasteiger partial charge in [-0.05, 0) is 37.0 Å². The second-order valence-corrected chi connectivity index (χ2v) is 5.98. The quantitative estimate of drug-likeness (QED) is 0.630. The third kappa shape index (κ3) is 3.04. The van der Waals surface area contributed by atoms with Crippen LogP contribution in [0, 0.1) is 6.92 Å². The van der Waals surface area contributed by atoms with Gasteiger partial charge in [-0.2, -0.15) is 0 Å². The summed E-state index contributed by atoms with van der Waals surface area (Å²) in [6, 6.07) is 15.8. The summed E-state index contributed by atoms with van der Waals surface area (Å²) in [7, 11) is 0. The van der Waals surface area contributed by atoms with Gasteiger partial charge in [0.25, 0.3) is 0 Å². The van der Waals surface area contributed by atoms with Crippen molar-refractivity contribution in [1.82, 2.24) is 4.90 Å². The topological polar surface area (TPSA) is 46.6 Å². The average Bonchev–Trinajstić information content (AvgIpc) is 2.61. The van der Waals surface area contributed by atoms with Crippen molar-refractivity contribution in [3.05, 3.63) is 70.8 Å². The fourth-order valence-corrected chi connectivity index (χ4v) is 3.28. The Hall–Kier alpha value is -2.62.